The minimum atomic E-state index is -0.896. The second-order valence-corrected chi connectivity index (χ2v) is 11.8. The fourth-order valence-electron chi connectivity index (χ4n) is 6.07. The number of aromatic nitrogens is 1. The second kappa shape index (κ2) is 12.3. The lowest BCUT2D eigenvalue weighted by Gasteiger charge is -2.45. The van der Waals surface area contributed by atoms with Gasteiger partial charge in [-0.05, 0) is 79.1 Å². The van der Waals surface area contributed by atoms with Gasteiger partial charge in [-0.1, -0.05) is 26.2 Å². The Labute approximate surface area is 210 Å². The Morgan fingerprint density at radius 2 is 1.91 bits per heavy atom. The zero-order valence-electron chi connectivity index (χ0n) is 21.4. The lowest BCUT2D eigenvalue weighted by atomic mass is 9.68. The Balaban J connectivity index is 1.60. The van der Waals surface area contributed by atoms with Gasteiger partial charge in [0.2, 0.25) is 0 Å². The van der Waals surface area contributed by atoms with Gasteiger partial charge < -0.3 is 14.2 Å². The third kappa shape index (κ3) is 6.05. The van der Waals surface area contributed by atoms with Gasteiger partial charge in [-0.25, -0.2) is 0 Å². The molecule has 34 heavy (non-hydrogen) atoms. The maximum absolute atomic E-state index is 14.0. The molecule has 190 valence electrons. The molecule has 0 radical (unpaired) electrons. The van der Waals surface area contributed by atoms with Crippen molar-refractivity contribution in [2.45, 2.75) is 76.7 Å². The SMILES string of the molecule is CCCSC[C@@H]1CCC(COC)C(=O)[C@]1(Cc1nccc2c1C[C@@H](CCC1CC1)C2)OCOC. The molecule has 1 aromatic heterocycles. The van der Waals surface area contributed by atoms with E-state index in [2.05, 4.69) is 13.0 Å². The van der Waals surface area contributed by atoms with Crippen LogP contribution < -0.4 is 0 Å². The third-order valence-corrected chi connectivity index (χ3v) is 9.47. The first-order valence-electron chi connectivity index (χ1n) is 13.3. The predicted octanol–water partition coefficient (Wildman–Crippen LogP) is 5.27. The van der Waals surface area contributed by atoms with Gasteiger partial charge in [-0.2, -0.15) is 11.8 Å². The Morgan fingerprint density at radius 1 is 1.09 bits per heavy atom. The van der Waals surface area contributed by atoms with E-state index in [4.69, 9.17) is 19.2 Å². The summed E-state index contributed by atoms with van der Waals surface area (Å²) in [5.74, 6) is 3.94. The second-order valence-electron chi connectivity index (χ2n) is 10.7. The van der Waals surface area contributed by atoms with Crippen molar-refractivity contribution < 1.29 is 19.0 Å². The van der Waals surface area contributed by atoms with Crippen LogP contribution in [-0.2, 0) is 38.3 Å². The van der Waals surface area contributed by atoms with Gasteiger partial charge in [0.25, 0.3) is 0 Å². The smallest absolute Gasteiger partial charge is 0.170 e. The van der Waals surface area contributed by atoms with E-state index in [-0.39, 0.29) is 24.4 Å². The molecule has 0 spiro atoms. The zero-order valence-corrected chi connectivity index (χ0v) is 22.2. The summed E-state index contributed by atoms with van der Waals surface area (Å²) in [6.07, 6.45) is 13.3. The highest BCUT2D eigenvalue weighted by Gasteiger charge is 2.53. The Kier molecular flexibility index (Phi) is 9.48. The molecule has 5 nitrogen and oxygen atoms in total. The molecule has 1 heterocycles. The average molecular weight is 490 g/mol. The summed E-state index contributed by atoms with van der Waals surface area (Å²) in [6.45, 7) is 2.79. The molecule has 2 saturated carbocycles. The van der Waals surface area contributed by atoms with Crippen LogP contribution in [-0.4, -0.2) is 55.5 Å². The highest BCUT2D eigenvalue weighted by molar-refractivity contribution is 7.99. The third-order valence-electron chi connectivity index (χ3n) is 8.13. The predicted molar refractivity (Wildman–Crippen MR) is 137 cm³/mol. The van der Waals surface area contributed by atoms with Crippen LogP contribution in [0, 0.1) is 23.7 Å². The van der Waals surface area contributed by atoms with Crippen molar-refractivity contribution in [2.75, 3.05) is 39.1 Å². The van der Waals surface area contributed by atoms with Crippen molar-refractivity contribution in [3.63, 3.8) is 0 Å². The van der Waals surface area contributed by atoms with Crippen LogP contribution in [0.5, 0.6) is 0 Å². The molecule has 0 amide bonds. The summed E-state index contributed by atoms with van der Waals surface area (Å²) in [5.41, 5.74) is 2.98. The summed E-state index contributed by atoms with van der Waals surface area (Å²) in [4.78, 5) is 18.9. The van der Waals surface area contributed by atoms with Gasteiger partial charge in [-0.3, -0.25) is 9.78 Å². The summed E-state index contributed by atoms with van der Waals surface area (Å²) < 4.78 is 17.3. The van der Waals surface area contributed by atoms with Gasteiger partial charge >= 0.3 is 0 Å². The van der Waals surface area contributed by atoms with Crippen molar-refractivity contribution in [1.82, 2.24) is 4.98 Å². The van der Waals surface area contributed by atoms with Gasteiger partial charge in [0.15, 0.2) is 5.78 Å². The van der Waals surface area contributed by atoms with E-state index in [9.17, 15) is 4.79 Å². The summed E-state index contributed by atoms with van der Waals surface area (Å²) in [7, 11) is 3.32. The number of nitrogens with zero attached hydrogens (tertiary/aromatic N) is 1. The molecule has 0 N–H and O–H groups in total. The molecule has 3 aliphatic carbocycles. The van der Waals surface area contributed by atoms with Crippen LogP contribution in [0.1, 0.15) is 68.7 Å². The number of fused-ring (bicyclic) bond motifs is 1. The fraction of sp³-hybridized carbons (Fsp3) is 0.786. The normalized spacial score (nSPS) is 28.9. The monoisotopic (exact) mass is 489 g/mol. The Hall–Kier alpha value is -0.950. The van der Waals surface area contributed by atoms with E-state index in [1.165, 1.54) is 36.8 Å². The number of carbonyl (C=O) groups is 1. The van der Waals surface area contributed by atoms with Crippen molar-refractivity contribution in [3.05, 3.63) is 29.1 Å². The van der Waals surface area contributed by atoms with Crippen molar-refractivity contribution in [1.29, 1.82) is 0 Å². The maximum atomic E-state index is 14.0. The van der Waals surface area contributed by atoms with Crippen LogP contribution in [0.3, 0.4) is 0 Å². The molecule has 0 bridgehead atoms. The highest BCUT2D eigenvalue weighted by atomic mass is 32.2. The van der Waals surface area contributed by atoms with Crippen LogP contribution in [0.15, 0.2) is 12.3 Å². The first kappa shape index (κ1) is 26.1. The maximum Gasteiger partial charge on any atom is 0.170 e. The molecular formula is C28H43NO4S. The van der Waals surface area contributed by atoms with Gasteiger partial charge in [0.05, 0.1) is 6.61 Å². The van der Waals surface area contributed by atoms with E-state index >= 15 is 0 Å². The first-order chi connectivity index (χ1) is 16.6. The highest BCUT2D eigenvalue weighted by Crippen LogP contribution is 2.43. The van der Waals surface area contributed by atoms with E-state index in [0.29, 0.717) is 18.9 Å². The Morgan fingerprint density at radius 3 is 2.65 bits per heavy atom. The molecule has 1 aromatic rings. The molecule has 2 fully saturated rings. The number of ether oxygens (including phenoxy) is 3. The zero-order chi connectivity index (χ0) is 24.0. The van der Waals surface area contributed by atoms with Crippen LogP contribution >= 0.6 is 11.8 Å². The largest absolute Gasteiger partial charge is 0.384 e. The number of thioether (sulfide) groups is 1. The van der Waals surface area contributed by atoms with Crippen LogP contribution in [0.25, 0.3) is 0 Å². The number of rotatable bonds is 14. The molecule has 4 atom stereocenters. The lowest BCUT2D eigenvalue weighted by Crippen LogP contribution is -2.57. The number of hydrogen-bond acceptors (Lipinski definition) is 6. The molecule has 1 unspecified atom stereocenters. The Bertz CT molecular complexity index is 814. The average Bonchev–Trinajstić information content (AvgIpc) is 3.58. The van der Waals surface area contributed by atoms with E-state index in [1.807, 2.05) is 18.0 Å². The van der Waals surface area contributed by atoms with Crippen LogP contribution in [0.4, 0.5) is 0 Å². The number of Topliss-reactive ketones (excluding diaryl/α,β-unsaturated/α-hetero) is 1. The van der Waals surface area contributed by atoms with Crippen molar-refractivity contribution in [2.24, 2.45) is 23.7 Å². The van der Waals surface area contributed by atoms with Crippen molar-refractivity contribution >= 4 is 17.5 Å². The molecule has 0 saturated heterocycles. The lowest BCUT2D eigenvalue weighted by molar-refractivity contribution is -0.186. The summed E-state index contributed by atoms with van der Waals surface area (Å²) in [6, 6.07) is 2.20. The minimum absolute atomic E-state index is 0.124. The van der Waals surface area contributed by atoms with Gasteiger partial charge in [0, 0.05) is 44.4 Å². The molecule has 4 rings (SSSR count). The number of pyridine rings is 1. The quantitative estimate of drug-likeness (QED) is 0.262. The molecule has 0 aliphatic heterocycles. The number of ketones is 1. The molecular weight excluding hydrogens is 446 g/mol. The molecule has 0 aromatic carbocycles. The van der Waals surface area contributed by atoms with Crippen molar-refractivity contribution in [3.8, 4) is 0 Å². The summed E-state index contributed by atoms with van der Waals surface area (Å²) >= 11 is 1.94. The number of hydrogen-bond donors (Lipinski definition) is 0. The fourth-order valence-corrected chi connectivity index (χ4v) is 7.25. The van der Waals surface area contributed by atoms with Gasteiger partial charge in [0.1, 0.15) is 12.4 Å². The van der Waals surface area contributed by atoms with E-state index in [1.54, 1.807) is 14.2 Å². The van der Waals surface area contributed by atoms with Crippen LogP contribution in [0.2, 0.25) is 0 Å². The number of methoxy groups -OCH3 is 2. The molecule has 3 aliphatic rings. The topological polar surface area (TPSA) is 57.7 Å². The summed E-state index contributed by atoms with van der Waals surface area (Å²) in [5, 5.41) is 0. The van der Waals surface area contributed by atoms with E-state index < -0.39 is 5.60 Å². The number of carbonyl (C=O) groups excluding carboxylic acids is 1. The standard InChI is InChI=1S/C28H43NO4S/c1-4-13-34-18-24-10-9-23(17-31-2)27(30)28(24,33-19-32-3)16-26-25-15-21(8-7-20-5-6-20)14-22(25)11-12-29-26/h11-12,20-21,23-24H,4-10,13-19H2,1-3H3/t21-,23?,24-,28+/m0/s1. The molecule has 6 heteroatoms. The van der Waals surface area contributed by atoms with Gasteiger partial charge in [-0.15, -0.1) is 0 Å². The first-order valence-corrected chi connectivity index (χ1v) is 14.5. The minimum Gasteiger partial charge on any atom is -0.384 e. The van der Waals surface area contributed by atoms with E-state index in [0.717, 1.165) is 55.2 Å².